The van der Waals surface area contributed by atoms with Crippen LogP contribution in [0.4, 0.5) is 0 Å². The molecule has 2 aromatic heterocycles. The number of aryl methyl sites for hydroxylation is 1. The minimum Gasteiger partial charge on any atom is -0.249 e. The lowest BCUT2D eigenvalue weighted by molar-refractivity contribution is 0.464. The third-order valence-electron chi connectivity index (χ3n) is 5.49. The number of aromatic nitrogens is 7. The van der Waals surface area contributed by atoms with Gasteiger partial charge in [0.25, 0.3) is 0 Å². The Kier molecular flexibility index (Phi) is 6.17. The average molecular weight is 430 g/mol. The van der Waals surface area contributed by atoms with Gasteiger partial charge in [0.05, 0.1) is 0 Å². The second-order valence-corrected chi connectivity index (χ2v) is 9.68. The summed E-state index contributed by atoms with van der Waals surface area (Å²) in [4.78, 5) is 4.91. The molecule has 0 saturated heterocycles. The van der Waals surface area contributed by atoms with Crippen LogP contribution in [0.1, 0.15) is 58.3 Å². The molecule has 0 aliphatic carbocycles. The first kappa shape index (κ1) is 21.9. The van der Waals surface area contributed by atoms with Crippen LogP contribution in [0, 0.1) is 5.92 Å². The SMILES string of the molecule is CC(C)CCn1nc(C(C)(C)C)nc1Cc1ccc(-c2ccccc2-c2nnn[nH]2)cc1. The smallest absolute Gasteiger partial charge is 0.180 e. The predicted molar refractivity (Wildman–Crippen MR) is 126 cm³/mol. The second-order valence-electron chi connectivity index (χ2n) is 9.68. The molecule has 1 N–H and O–H groups in total. The largest absolute Gasteiger partial charge is 0.249 e. The molecule has 4 rings (SSSR count). The van der Waals surface area contributed by atoms with Gasteiger partial charge in [-0.15, -0.1) is 5.10 Å². The maximum absolute atomic E-state index is 4.91. The van der Waals surface area contributed by atoms with Gasteiger partial charge in [-0.05, 0) is 39.5 Å². The van der Waals surface area contributed by atoms with Crippen LogP contribution in [0.5, 0.6) is 0 Å². The molecule has 0 unspecified atom stereocenters. The lowest BCUT2D eigenvalue weighted by atomic mass is 9.96. The van der Waals surface area contributed by atoms with E-state index in [0.29, 0.717) is 11.7 Å². The minimum absolute atomic E-state index is 0.0685. The molecule has 0 radical (unpaired) electrons. The Labute approximate surface area is 189 Å². The van der Waals surface area contributed by atoms with E-state index < -0.39 is 0 Å². The molecule has 166 valence electrons. The quantitative estimate of drug-likeness (QED) is 0.444. The molecule has 0 bridgehead atoms. The Morgan fingerprint density at radius 2 is 1.69 bits per heavy atom. The van der Waals surface area contributed by atoms with Gasteiger partial charge < -0.3 is 0 Å². The molecule has 0 fully saturated rings. The third-order valence-corrected chi connectivity index (χ3v) is 5.49. The number of nitrogens with zero attached hydrogens (tertiary/aromatic N) is 6. The number of nitrogens with one attached hydrogen (secondary N) is 1. The Balaban J connectivity index is 1.59. The van der Waals surface area contributed by atoms with Crippen molar-refractivity contribution in [3.05, 3.63) is 65.7 Å². The maximum Gasteiger partial charge on any atom is 0.180 e. The van der Waals surface area contributed by atoms with Crippen molar-refractivity contribution in [2.24, 2.45) is 5.92 Å². The van der Waals surface area contributed by atoms with Gasteiger partial charge in [-0.25, -0.2) is 14.8 Å². The molecule has 7 heteroatoms. The van der Waals surface area contributed by atoms with Gasteiger partial charge in [0.1, 0.15) is 5.82 Å². The van der Waals surface area contributed by atoms with Crippen molar-refractivity contribution in [3.8, 4) is 22.5 Å². The maximum atomic E-state index is 4.91. The highest BCUT2D eigenvalue weighted by molar-refractivity contribution is 5.80. The number of hydrogen-bond donors (Lipinski definition) is 1. The molecule has 7 nitrogen and oxygen atoms in total. The van der Waals surface area contributed by atoms with Crippen molar-refractivity contribution in [2.75, 3.05) is 0 Å². The molecule has 2 heterocycles. The fraction of sp³-hybridized carbons (Fsp3) is 0.400. The highest BCUT2D eigenvalue weighted by Gasteiger charge is 2.22. The van der Waals surface area contributed by atoms with Crippen LogP contribution in [0.15, 0.2) is 48.5 Å². The van der Waals surface area contributed by atoms with Crippen molar-refractivity contribution >= 4 is 0 Å². The lowest BCUT2D eigenvalue weighted by Crippen LogP contribution is -2.14. The molecule has 0 aliphatic heterocycles. The number of hydrogen-bond acceptors (Lipinski definition) is 5. The molecular weight excluding hydrogens is 398 g/mol. The topological polar surface area (TPSA) is 85.2 Å². The van der Waals surface area contributed by atoms with Crippen molar-refractivity contribution in [1.29, 1.82) is 0 Å². The number of rotatable bonds is 7. The van der Waals surface area contributed by atoms with Gasteiger partial charge >= 0.3 is 0 Å². The van der Waals surface area contributed by atoms with Crippen LogP contribution in [0.3, 0.4) is 0 Å². The van der Waals surface area contributed by atoms with Gasteiger partial charge in [-0.3, -0.25) is 0 Å². The van der Waals surface area contributed by atoms with E-state index >= 15 is 0 Å². The summed E-state index contributed by atoms with van der Waals surface area (Å²) in [6.07, 6.45) is 1.85. The zero-order valence-corrected chi connectivity index (χ0v) is 19.5. The van der Waals surface area contributed by atoms with Crippen LogP contribution in [-0.2, 0) is 18.4 Å². The van der Waals surface area contributed by atoms with Gasteiger partial charge in [-0.1, -0.05) is 83.1 Å². The van der Waals surface area contributed by atoms with Crippen LogP contribution < -0.4 is 0 Å². The molecule has 0 atom stereocenters. The summed E-state index contributed by atoms with van der Waals surface area (Å²) in [6, 6.07) is 16.8. The normalized spacial score (nSPS) is 11.9. The van der Waals surface area contributed by atoms with E-state index in [1.165, 1.54) is 5.56 Å². The van der Waals surface area contributed by atoms with E-state index in [4.69, 9.17) is 10.1 Å². The molecule has 0 saturated carbocycles. The van der Waals surface area contributed by atoms with Crippen molar-refractivity contribution < 1.29 is 0 Å². The number of benzene rings is 2. The first-order valence-corrected chi connectivity index (χ1v) is 11.2. The standard InChI is InChI=1S/C25H31N7/c1-17(2)14-15-32-22(26-24(29-32)25(3,4)5)16-18-10-12-19(13-11-18)20-8-6-7-9-21(20)23-27-30-31-28-23/h6-13,17H,14-16H2,1-5H3,(H,27,28,30,31). The monoisotopic (exact) mass is 429 g/mol. The summed E-state index contributed by atoms with van der Waals surface area (Å²) >= 11 is 0. The summed E-state index contributed by atoms with van der Waals surface area (Å²) in [6.45, 7) is 11.9. The molecule has 32 heavy (non-hydrogen) atoms. The Hall–Kier alpha value is -3.35. The summed E-state index contributed by atoms with van der Waals surface area (Å²) in [5, 5.41) is 19.2. The first-order valence-electron chi connectivity index (χ1n) is 11.2. The third kappa shape index (κ3) is 4.93. The molecular formula is C25H31N7. The molecule has 2 aromatic carbocycles. The van der Waals surface area contributed by atoms with E-state index in [0.717, 1.165) is 47.7 Å². The summed E-state index contributed by atoms with van der Waals surface area (Å²) in [5.74, 6) is 3.22. The van der Waals surface area contributed by atoms with Crippen molar-refractivity contribution in [1.82, 2.24) is 35.4 Å². The highest BCUT2D eigenvalue weighted by Crippen LogP contribution is 2.30. The first-order chi connectivity index (χ1) is 15.3. The summed E-state index contributed by atoms with van der Waals surface area (Å²) in [5.41, 5.74) is 4.34. The van der Waals surface area contributed by atoms with E-state index in [1.807, 2.05) is 18.2 Å². The van der Waals surface area contributed by atoms with Crippen LogP contribution in [-0.4, -0.2) is 35.4 Å². The van der Waals surface area contributed by atoms with Crippen LogP contribution in [0.2, 0.25) is 0 Å². The highest BCUT2D eigenvalue weighted by atomic mass is 15.5. The fourth-order valence-electron chi connectivity index (χ4n) is 3.58. The van der Waals surface area contributed by atoms with Gasteiger partial charge in [0.15, 0.2) is 11.6 Å². The van der Waals surface area contributed by atoms with Gasteiger partial charge in [-0.2, -0.15) is 5.10 Å². The van der Waals surface area contributed by atoms with E-state index in [2.05, 4.69) is 90.3 Å². The second kappa shape index (κ2) is 9.02. The Morgan fingerprint density at radius 3 is 2.31 bits per heavy atom. The average Bonchev–Trinajstić information content (AvgIpc) is 3.43. The number of tetrazole rings is 1. The predicted octanol–water partition coefficient (Wildman–Crippen LogP) is 5.06. The number of aromatic amines is 1. The van der Waals surface area contributed by atoms with Crippen molar-refractivity contribution in [2.45, 2.75) is 59.4 Å². The van der Waals surface area contributed by atoms with Crippen molar-refractivity contribution in [3.63, 3.8) is 0 Å². The fourth-order valence-corrected chi connectivity index (χ4v) is 3.58. The number of H-pyrrole nitrogens is 1. The minimum atomic E-state index is -0.0685. The van der Waals surface area contributed by atoms with E-state index in [-0.39, 0.29) is 5.41 Å². The molecule has 0 aliphatic rings. The zero-order chi connectivity index (χ0) is 22.7. The van der Waals surface area contributed by atoms with Crippen LogP contribution in [0.25, 0.3) is 22.5 Å². The van der Waals surface area contributed by atoms with E-state index in [9.17, 15) is 0 Å². The Bertz CT molecular complexity index is 1150. The Morgan fingerprint density at radius 1 is 0.969 bits per heavy atom. The lowest BCUT2D eigenvalue weighted by Gasteiger charge is -2.12. The van der Waals surface area contributed by atoms with Gasteiger partial charge in [0, 0.05) is 23.9 Å². The molecule has 4 aromatic rings. The molecule has 0 spiro atoms. The van der Waals surface area contributed by atoms with E-state index in [1.54, 1.807) is 0 Å². The van der Waals surface area contributed by atoms with Gasteiger partial charge in [0.2, 0.25) is 0 Å². The van der Waals surface area contributed by atoms with Crippen LogP contribution >= 0.6 is 0 Å². The zero-order valence-electron chi connectivity index (χ0n) is 19.5. The summed E-state index contributed by atoms with van der Waals surface area (Å²) in [7, 11) is 0. The molecule has 0 amide bonds. The summed E-state index contributed by atoms with van der Waals surface area (Å²) < 4.78 is 2.10.